The van der Waals surface area contributed by atoms with Gasteiger partial charge in [0, 0.05) is 17.5 Å². The molecule has 0 saturated heterocycles. The molecule has 0 aliphatic heterocycles. The summed E-state index contributed by atoms with van der Waals surface area (Å²) in [5, 5.41) is 11.4. The highest BCUT2D eigenvalue weighted by atomic mass is 79.9. The van der Waals surface area contributed by atoms with Crippen LogP contribution in [0, 0.1) is 15.9 Å². The van der Waals surface area contributed by atoms with Crippen LogP contribution in [0.3, 0.4) is 0 Å². The lowest BCUT2D eigenvalue weighted by atomic mass is 10.2. The molecule has 0 N–H and O–H groups in total. The van der Waals surface area contributed by atoms with E-state index in [0.717, 1.165) is 5.56 Å². The zero-order valence-corrected chi connectivity index (χ0v) is 12.0. The van der Waals surface area contributed by atoms with Crippen LogP contribution < -0.4 is 4.74 Å². The summed E-state index contributed by atoms with van der Waals surface area (Å²) in [6, 6.07) is 10.6. The molecule has 0 aliphatic rings. The molecule has 6 heteroatoms. The van der Waals surface area contributed by atoms with Gasteiger partial charge < -0.3 is 4.74 Å². The van der Waals surface area contributed by atoms with Crippen molar-refractivity contribution in [3.8, 4) is 5.75 Å². The number of nitro groups is 1. The van der Waals surface area contributed by atoms with Crippen LogP contribution in [-0.4, -0.2) is 4.92 Å². The van der Waals surface area contributed by atoms with Crippen LogP contribution in [0.2, 0.25) is 0 Å². The van der Waals surface area contributed by atoms with E-state index in [9.17, 15) is 14.5 Å². The van der Waals surface area contributed by atoms with Crippen molar-refractivity contribution < 1.29 is 14.1 Å². The maximum Gasteiger partial charge on any atom is 0.276 e. The third-order valence-corrected chi connectivity index (χ3v) is 3.32. The van der Waals surface area contributed by atoms with Crippen LogP contribution in [0.5, 0.6) is 5.75 Å². The van der Waals surface area contributed by atoms with Gasteiger partial charge in [-0.1, -0.05) is 28.1 Å². The third kappa shape index (κ3) is 3.54. The van der Waals surface area contributed by atoms with E-state index in [1.807, 2.05) is 0 Å². The first-order valence-electron chi connectivity index (χ1n) is 5.80. The Morgan fingerprint density at radius 1 is 1.25 bits per heavy atom. The van der Waals surface area contributed by atoms with Gasteiger partial charge in [0.1, 0.15) is 18.2 Å². The zero-order chi connectivity index (χ0) is 14.5. The van der Waals surface area contributed by atoms with Gasteiger partial charge in [0.2, 0.25) is 0 Å². The predicted molar refractivity (Wildman–Crippen MR) is 76.5 cm³/mol. The van der Waals surface area contributed by atoms with Gasteiger partial charge in [-0.25, -0.2) is 4.39 Å². The van der Waals surface area contributed by atoms with Crippen LogP contribution >= 0.6 is 15.9 Å². The number of para-hydroxylation sites is 1. The first-order chi connectivity index (χ1) is 9.60. The maximum atomic E-state index is 13.3. The molecular formula is C14H11BrFNO3. The first-order valence-corrected chi connectivity index (χ1v) is 6.93. The van der Waals surface area contributed by atoms with Crippen molar-refractivity contribution in [2.24, 2.45) is 0 Å². The number of halogens is 2. The fraction of sp³-hybridized carbons (Fsp3) is 0.143. The van der Waals surface area contributed by atoms with Gasteiger partial charge in [0.05, 0.1) is 10.5 Å². The van der Waals surface area contributed by atoms with Gasteiger partial charge in [-0.3, -0.25) is 10.1 Å². The first kappa shape index (κ1) is 14.5. The molecular weight excluding hydrogens is 329 g/mol. The van der Waals surface area contributed by atoms with Crippen molar-refractivity contribution in [1.29, 1.82) is 0 Å². The van der Waals surface area contributed by atoms with Crippen molar-refractivity contribution in [3.63, 3.8) is 0 Å². The van der Waals surface area contributed by atoms with Crippen LogP contribution in [0.15, 0.2) is 42.5 Å². The molecule has 0 atom stereocenters. The third-order valence-electron chi connectivity index (χ3n) is 2.67. The Balaban J connectivity index is 2.17. The van der Waals surface area contributed by atoms with E-state index in [-0.39, 0.29) is 12.3 Å². The van der Waals surface area contributed by atoms with Gasteiger partial charge in [-0.2, -0.15) is 0 Å². The lowest BCUT2D eigenvalue weighted by Crippen LogP contribution is -2.01. The standard InChI is InChI=1S/C14H11BrFNO3/c15-8-10-5-12(16)7-13(6-10)20-9-11-3-1-2-4-14(11)17(18)19/h1-7H,8-9H2. The van der Waals surface area contributed by atoms with Crippen LogP contribution in [0.25, 0.3) is 0 Å². The molecule has 20 heavy (non-hydrogen) atoms. The number of alkyl halides is 1. The molecule has 104 valence electrons. The van der Waals surface area contributed by atoms with Crippen molar-refractivity contribution in [2.45, 2.75) is 11.9 Å². The fourth-order valence-corrected chi connectivity index (χ4v) is 2.08. The Morgan fingerprint density at radius 3 is 2.70 bits per heavy atom. The van der Waals surface area contributed by atoms with Crippen LogP contribution in [-0.2, 0) is 11.9 Å². The number of nitro benzene ring substituents is 1. The van der Waals surface area contributed by atoms with Crippen molar-refractivity contribution in [2.75, 3.05) is 0 Å². The minimum Gasteiger partial charge on any atom is -0.489 e. The second-order valence-electron chi connectivity index (χ2n) is 4.10. The highest BCUT2D eigenvalue weighted by molar-refractivity contribution is 9.08. The summed E-state index contributed by atoms with van der Waals surface area (Å²) in [5.74, 6) is -0.0582. The molecule has 2 rings (SSSR count). The Kier molecular flexibility index (Phi) is 4.68. The highest BCUT2D eigenvalue weighted by Gasteiger charge is 2.12. The van der Waals surface area contributed by atoms with Crippen LogP contribution in [0.1, 0.15) is 11.1 Å². The van der Waals surface area contributed by atoms with Gasteiger partial charge in [-0.15, -0.1) is 0 Å². The lowest BCUT2D eigenvalue weighted by Gasteiger charge is -2.08. The van der Waals surface area contributed by atoms with E-state index < -0.39 is 10.7 Å². The van der Waals surface area contributed by atoms with E-state index in [2.05, 4.69) is 15.9 Å². The van der Waals surface area contributed by atoms with E-state index in [0.29, 0.717) is 16.6 Å². The molecule has 0 amide bonds. The predicted octanol–water partition coefficient (Wildman–Crippen LogP) is 4.21. The number of hydrogen-bond donors (Lipinski definition) is 0. The second-order valence-corrected chi connectivity index (χ2v) is 4.66. The summed E-state index contributed by atoms with van der Waals surface area (Å²) >= 11 is 3.24. The normalized spacial score (nSPS) is 10.3. The average Bonchev–Trinajstić information content (AvgIpc) is 2.44. The molecule has 4 nitrogen and oxygen atoms in total. The molecule has 0 radical (unpaired) electrons. The van der Waals surface area contributed by atoms with Crippen LogP contribution in [0.4, 0.5) is 10.1 Å². The lowest BCUT2D eigenvalue weighted by molar-refractivity contribution is -0.385. The smallest absolute Gasteiger partial charge is 0.276 e. The summed E-state index contributed by atoms with van der Waals surface area (Å²) in [5.41, 5.74) is 1.18. The summed E-state index contributed by atoms with van der Waals surface area (Å²) < 4.78 is 18.8. The topological polar surface area (TPSA) is 52.4 Å². The number of ether oxygens (including phenoxy) is 1. The number of rotatable bonds is 5. The van der Waals surface area contributed by atoms with Gasteiger partial charge in [0.25, 0.3) is 5.69 Å². The second kappa shape index (κ2) is 6.47. The molecule has 2 aromatic rings. The molecule has 0 saturated carbocycles. The Bertz CT molecular complexity index is 634. The SMILES string of the molecule is O=[N+]([O-])c1ccccc1COc1cc(F)cc(CBr)c1. The Labute approximate surface area is 123 Å². The summed E-state index contributed by atoms with van der Waals surface area (Å²) in [6.45, 7) is 0.0162. The van der Waals surface area contributed by atoms with Gasteiger partial charge >= 0.3 is 0 Å². The van der Waals surface area contributed by atoms with Crippen molar-refractivity contribution in [3.05, 3.63) is 69.5 Å². The highest BCUT2D eigenvalue weighted by Crippen LogP contribution is 2.22. The number of benzene rings is 2. The molecule has 0 aliphatic carbocycles. The molecule has 2 aromatic carbocycles. The minimum absolute atomic E-state index is 0.00961. The summed E-state index contributed by atoms with van der Waals surface area (Å²) in [4.78, 5) is 10.4. The zero-order valence-electron chi connectivity index (χ0n) is 10.4. The molecule has 0 bridgehead atoms. The van der Waals surface area contributed by atoms with E-state index in [1.165, 1.54) is 18.2 Å². The van der Waals surface area contributed by atoms with Gasteiger partial charge in [0.15, 0.2) is 0 Å². The van der Waals surface area contributed by atoms with Gasteiger partial charge in [-0.05, 0) is 23.8 Å². The maximum absolute atomic E-state index is 13.3. The monoisotopic (exact) mass is 339 g/mol. The number of hydrogen-bond acceptors (Lipinski definition) is 3. The molecule has 0 spiro atoms. The number of nitrogens with zero attached hydrogens (tertiary/aromatic N) is 1. The van der Waals surface area contributed by atoms with Crippen molar-refractivity contribution >= 4 is 21.6 Å². The average molecular weight is 340 g/mol. The molecule has 0 aromatic heterocycles. The summed E-state index contributed by atoms with van der Waals surface area (Å²) in [6.07, 6.45) is 0. The van der Waals surface area contributed by atoms with E-state index in [1.54, 1.807) is 24.3 Å². The largest absolute Gasteiger partial charge is 0.489 e. The van der Waals surface area contributed by atoms with E-state index in [4.69, 9.17) is 4.74 Å². The minimum atomic E-state index is -0.464. The summed E-state index contributed by atoms with van der Waals surface area (Å²) in [7, 11) is 0. The molecule has 0 unspecified atom stereocenters. The van der Waals surface area contributed by atoms with Crippen molar-refractivity contribution in [1.82, 2.24) is 0 Å². The molecule has 0 fully saturated rings. The fourth-order valence-electron chi connectivity index (χ4n) is 1.75. The Hall–Kier alpha value is -1.95. The molecule has 0 heterocycles. The Morgan fingerprint density at radius 2 is 2.00 bits per heavy atom. The van der Waals surface area contributed by atoms with E-state index >= 15 is 0 Å². The quantitative estimate of drug-likeness (QED) is 0.465.